The van der Waals surface area contributed by atoms with Crippen LogP contribution in [-0.4, -0.2) is 5.75 Å². The summed E-state index contributed by atoms with van der Waals surface area (Å²) in [6.07, 6.45) is 0. The lowest BCUT2D eigenvalue weighted by molar-refractivity contribution is 1.34. The molecule has 0 fully saturated rings. The minimum atomic E-state index is 0.677. The predicted molar refractivity (Wildman–Crippen MR) is 87.0 cm³/mol. The highest BCUT2D eigenvalue weighted by molar-refractivity contribution is 7.99. The van der Waals surface area contributed by atoms with Gasteiger partial charge in [-0.2, -0.15) is 5.26 Å². The molecule has 1 N–H and O–H groups in total. The molecule has 0 bridgehead atoms. The van der Waals surface area contributed by atoms with Gasteiger partial charge in [-0.05, 0) is 42.5 Å². The van der Waals surface area contributed by atoms with Crippen molar-refractivity contribution in [3.05, 3.63) is 52.5 Å². The molecule has 0 amide bonds. The number of aryl methyl sites for hydroxylation is 1. The Balaban J connectivity index is 2.41. The van der Waals surface area contributed by atoms with Gasteiger partial charge < -0.3 is 5.32 Å². The second kappa shape index (κ2) is 6.69. The number of nitrogens with one attached hydrogen (secondary N) is 1. The number of benzene rings is 2. The quantitative estimate of drug-likeness (QED) is 0.771. The molecular weight excluding hydrogens is 288 g/mol. The van der Waals surface area contributed by atoms with Crippen LogP contribution >= 0.6 is 23.4 Å². The molecule has 0 heterocycles. The van der Waals surface area contributed by atoms with Gasteiger partial charge in [0.15, 0.2) is 0 Å². The molecule has 0 aliphatic carbocycles. The maximum Gasteiger partial charge on any atom is 0.103 e. The maximum atomic E-state index is 9.40. The summed E-state index contributed by atoms with van der Waals surface area (Å²) in [5, 5.41) is 13.4. The molecule has 2 aromatic rings. The molecule has 0 atom stereocenters. The topological polar surface area (TPSA) is 35.8 Å². The van der Waals surface area contributed by atoms with Crippen LogP contribution in [0.3, 0.4) is 0 Å². The number of rotatable bonds is 4. The summed E-state index contributed by atoms with van der Waals surface area (Å²) in [5.41, 5.74) is 3.51. The standard InChI is InChI=1S/C16H15ClN2S/c1-3-20-16-6-4-5-14(13(16)10-18)19-15-9-12(17)8-7-11(15)2/h4-9,19H,3H2,1-2H3. The Labute approximate surface area is 128 Å². The molecule has 0 radical (unpaired) electrons. The Morgan fingerprint density at radius 1 is 1.25 bits per heavy atom. The lowest BCUT2D eigenvalue weighted by atomic mass is 10.1. The molecule has 2 rings (SSSR count). The van der Waals surface area contributed by atoms with Gasteiger partial charge in [0.1, 0.15) is 6.07 Å². The van der Waals surface area contributed by atoms with Crippen LogP contribution in [0.2, 0.25) is 5.02 Å². The van der Waals surface area contributed by atoms with Crippen LogP contribution in [0.25, 0.3) is 0 Å². The van der Waals surface area contributed by atoms with Crippen molar-refractivity contribution in [1.82, 2.24) is 0 Å². The number of nitriles is 1. The van der Waals surface area contributed by atoms with E-state index in [9.17, 15) is 5.26 Å². The SMILES string of the molecule is CCSc1cccc(Nc2cc(Cl)ccc2C)c1C#N. The normalized spacial score (nSPS) is 10.1. The molecule has 0 aliphatic rings. The van der Waals surface area contributed by atoms with Crippen molar-refractivity contribution >= 4 is 34.7 Å². The molecule has 0 aromatic heterocycles. The number of halogens is 1. The first-order valence-electron chi connectivity index (χ1n) is 6.34. The van der Waals surface area contributed by atoms with Gasteiger partial charge in [-0.15, -0.1) is 11.8 Å². The molecule has 4 heteroatoms. The van der Waals surface area contributed by atoms with Crippen LogP contribution < -0.4 is 5.32 Å². The van der Waals surface area contributed by atoms with Crippen molar-refractivity contribution < 1.29 is 0 Å². The summed E-state index contributed by atoms with van der Waals surface area (Å²) in [5.74, 6) is 0.939. The Kier molecular flexibility index (Phi) is 4.94. The molecule has 20 heavy (non-hydrogen) atoms. The zero-order valence-electron chi connectivity index (χ0n) is 11.4. The lowest BCUT2D eigenvalue weighted by Gasteiger charge is -2.13. The summed E-state index contributed by atoms with van der Waals surface area (Å²) >= 11 is 7.70. The number of nitrogens with zero attached hydrogens (tertiary/aromatic N) is 1. The van der Waals surface area contributed by atoms with Crippen molar-refractivity contribution in [2.75, 3.05) is 11.1 Å². The zero-order valence-corrected chi connectivity index (χ0v) is 13.0. The van der Waals surface area contributed by atoms with Gasteiger partial charge in [0.25, 0.3) is 0 Å². The molecule has 0 aliphatic heterocycles. The van der Waals surface area contributed by atoms with E-state index in [2.05, 4.69) is 18.3 Å². The number of hydrogen-bond donors (Lipinski definition) is 1. The summed E-state index contributed by atoms with van der Waals surface area (Å²) in [6, 6.07) is 13.8. The fourth-order valence-corrected chi connectivity index (χ4v) is 2.86. The molecule has 102 valence electrons. The van der Waals surface area contributed by atoms with E-state index in [-0.39, 0.29) is 0 Å². The third kappa shape index (κ3) is 3.27. The first kappa shape index (κ1) is 14.8. The third-order valence-corrected chi connectivity index (χ3v) is 4.08. The van der Waals surface area contributed by atoms with E-state index in [1.165, 1.54) is 0 Å². The monoisotopic (exact) mass is 302 g/mol. The smallest absolute Gasteiger partial charge is 0.103 e. The van der Waals surface area contributed by atoms with Crippen LogP contribution in [0.5, 0.6) is 0 Å². The Hall–Kier alpha value is -1.63. The molecular formula is C16H15ClN2S. The van der Waals surface area contributed by atoms with E-state index in [4.69, 9.17) is 11.6 Å². The highest BCUT2D eigenvalue weighted by Gasteiger charge is 2.09. The fraction of sp³-hybridized carbons (Fsp3) is 0.188. The second-order valence-corrected chi connectivity index (χ2v) is 6.05. The molecule has 0 saturated carbocycles. The summed E-state index contributed by atoms with van der Waals surface area (Å²) < 4.78 is 0. The van der Waals surface area contributed by atoms with Gasteiger partial charge in [0.2, 0.25) is 0 Å². The maximum absolute atomic E-state index is 9.40. The molecule has 0 unspecified atom stereocenters. The van der Waals surface area contributed by atoms with Crippen molar-refractivity contribution in [2.45, 2.75) is 18.7 Å². The third-order valence-electron chi connectivity index (χ3n) is 2.91. The zero-order chi connectivity index (χ0) is 14.5. The van der Waals surface area contributed by atoms with Crippen molar-refractivity contribution in [3.63, 3.8) is 0 Å². The van der Waals surface area contributed by atoms with E-state index in [1.807, 2.05) is 43.3 Å². The summed E-state index contributed by atoms with van der Waals surface area (Å²) in [7, 11) is 0. The van der Waals surface area contributed by atoms with E-state index in [0.717, 1.165) is 27.6 Å². The van der Waals surface area contributed by atoms with Gasteiger partial charge in [-0.25, -0.2) is 0 Å². The summed E-state index contributed by atoms with van der Waals surface area (Å²) in [4.78, 5) is 1.000. The molecule has 0 saturated heterocycles. The van der Waals surface area contributed by atoms with Crippen LogP contribution in [0.15, 0.2) is 41.3 Å². The van der Waals surface area contributed by atoms with Gasteiger partial charge in [0.05, 0.1) is 11.3 Å². The average molecular weight is 303 g/mol. The lowest BCUT2D eigenvalue weighted by Crippen LogP contribution is -1.97. The van der Waals surface area contributed by atoms with Crippen molar-refractivity contribution in [1.29, 1.82) is 5.26 Å². The molecule has 0 spiro atoms. The number of hydrogen-bond acceptors (Lipinski definition) is 3. The number of anilines is 2. The van der Waals surface area contributed by atoms with Crippen molar-refractivity contribution in [3.8, 4) is 6.07 Å². The van der Waals surface area contributed by atoms with E-state index < -0.39 is 0 Å². The Bertz CT molecular complexity index is 662. The first-order chi connectivity index (χ1) is 9.65. The van der Waals surface area contributed by atoms with Gasteiger partial charge in [0, 0.05) is 15.6 Å². The minimum Gasteiger partial charge on any atom is -0.354 e. The van der Waals surface area contributed by atoms with E-state index >= 15 is 0 Å². The second-order valence-electron chi connectivity index (χ2n) is 4.31. The van der Waals surface area contributed by atoms with E-state index in [1.54, 1.807) is 11.8 Å². The van der Waals surface area contributed by atoms with Crippen LogP contribution in [-0.2, 0) is 0 Å². The highest BCUT2D eigenvalue weighted by Crippen LogP contribution is 2.31. The predicted octanol–water partition coefficient (Wildman–Crippen LogP) is 5.38. The van der Waals surface area contributed by atoms with E-state index in [0.29, 0.717) is 10.6 Å². The highest BCUT2D eigenvalue weighted by atomic mass is 35.5. The van der Waals surface area contributed by atoms with Crippen molar-refractivity contribution in [2.24, 2.45) is 0 Å². The molecule has 2 nitrogen and oxygen atoms in total. The Morgan fingerprint density at radius 2 is 2.05 bits per heavy atom. The van der Waals surface area contributed by atoms with Crippen LogP contribution in [0.1, 0.15) is 18.1 Å². The first-order valence-corrected chi connectivity index (χ1v) is 7.71. The fourth-order valence-electron chi connectivity index (χ4n) is 1.90. The van der Waals surface area contributed by atoms with Gasteiger partial charge in [-0.1, -0.05) is 30.7 Å². The van der Waals surface area contributed by atoms with Gasteiger partial charge >= 0.3 is 0 Å². The summed E-state index contributed by atoms with van der Waals surface area (Å²) in [6.45, 7) is 4.09. The number of thioether (sulfide) groups is 1. The van der Waals surface area contributed by atoms with Gasteiger partial charge in [-0.3, -0.25) is 0 Å². The Morgan fingerprint density at radius 3 is 2.75 bits per heavy atom. The minimum absolute atomic E-state index is 0.677. The van der Waals surface area contributed by atoms with Crippen LogP contribution in [0, 0.1) is 18.3 Å². The average Bonchev–Trinajstić information content (AvgIpc) is 2.43. The largest absolute Gasteiger partial charge is 0.354 e. The van der Waals surface area contributed by atoms with Crippen LogP contribution in [0.4, 0.5) is 11.4 Å². The molecule has 2 aromatic carbocycles.